The summed E-state index contributed by atoms with van der Waals surface area (Å²) in [5.74, 6) is -0.0568. The highest BCUT2D eigenvalue weighted by Crippen LogP contribution is 2.24. The molecule has 0 aromatic heterocycles. The Hall–Kier alpha value is -2.51. The summed E-state index contributed by atoms with van der Waals surface area (Å²) in [6.07, 6.45) is 1.00. The first kappa shape index (κ1) is 16.9. The number of hydrogen-bond acceptors (Lipinski definition) is 3. The van der Waals surface area contributed by atoms with E-state index in [9.17, 15) is 4.79 Å². The normalized spacial score (nSPS) is 10.0. The highest BCUT2D eigenvalue weighted by molar-refractivity contribution is 6.31. The van der Waals surface area contributed by atoms with Crippen LogP contribution in [-0.2, 0) is 11.2 Å². The molecule has 118 valence electrons. The minimum Gasteiger partial charge on any atom is -0.388 e. The van der Waals surface area contributed by atoms with Crippen molar-refractivity contribution in [3.05, 3.63) is 58.6 Å². The quantitative estimate of drug-likeness (QED) is 0.907. The van der Waals surface area contributed by atoms with Crippen molar-refractivity contribution < 1.29 is 4.79 Å². The van der Waals surface area contributed by atoms with Gasteiger partial charge in [-0.15, -0.1) is 0 Å². The van der Waals surface area contributed by atoms with Gasteiger partial charge in [-0.25, -0.2) is 0 Å². The van der Waals surface area contributed by atoms with E-state index in [1.54, 1.807) is 25.2 Å². The number of aryl methyl sites for hydroxylation is 1. The Morgan fingerprint density at radius 1 is 1.30 bits per heavy atom. The summed E-state index contributed by atoms with van der Waals surface area (Å²) >= 11 is 5.97. The van der Waals surface area contributed by atoms with E-state index in [0.717, 1.165) is 11.3 Å². The van der Waals surface area contributed by atoms with Crippen LogP contribution in [0.2, 0.25) is 5.02 Å². The molecule has 0 spiro atoms. The van der Waals surface area contributed by atoms with Crippen LogP contribution in [0.5, 0.6) is 0 Å². The van der Waals surface area contributed by atoms with E-state index in [0.29, 0.717) is 29.1 Å². The first-order valence-electron chi connectivity index (χ1n) is 7.28. The minimum atomic E-state index is -0.0568. The molecule has 0 fully saturated rings. The molecule has 0 saturated carbocycles. The number of benzene rings is 2. The summed E-state index contributed by atoms with van der Waals surface area (Å²) in [4.78, 5) is 13.9. The Morgan fingerprint density at radius 2 is 2.09 bits per heavy atom. The predicted octanol–water partition coefficient (Wildman–Crippen LogP) is 3.85. The van der Waals surface area contributed by atoms with Crippen molar-refractivity contribution in [2.45, 2.75) is 12.8 Å². The number of rotatable bonds is 5. The van der Waals surface area contributed by atoms with Crippen LogP contribution in [0.3, 0.4) is 0 Å². The van der Waals surface area contributed by atoms with Gasteiger partial charge in [-0.2, -0.15) is 5.26 Å². The Labute approximate surface area is 141 Å². The highest BCUT2D eigenvalue weighted by atomic mass is 35.5. The van der Waals surface area contributed by atoms with Gasteiger partial charge >= 0.3 is 0 Å². The van der Waals surface area contributed by atoms with E-state index >= 15 is 0 Å². The minimum absolute atomic E-state index is 0.0568. The molecule has 2 aromatic carbocycles. The summed E-state index contributed by atoms with van der Waals surface area (Å²) < 4.78 is 0. The molecule has 0 aliphatic heterocycles. The van der Waals surface area contributed by atoms with Crippen LogP contribution >= 0.6 is 11.6 Å². The lowest BCUT2D eigenvalue weighted by molar-refractivity contribution is -0.118. The molecule has 0 radical (unpaired) electrons. The van der Waals surface area contributed by atoms with Crippen molar-refractivity contribution >= 4 is 28.9 Å². The third kappa shape index (κ3) is 4.24. The number of carbonyl (C=O) groups excluding carboxylic acids is 1. The number of nitrogens with one attached hydrogen (secondary N) is 1. The maximum Gasteiger partial charge on any atom is 0.227 e. The van der Waals surface area contributed by atoms with Crippen molar-refractivity contribution in [1.82, 2.24) is 0 Å². The zero-order chi connectivity index (χ0) is 16.8. The fourth-order valence-corrected chi connectivity index (χ4v) is 2.48. The molecule has 2 rings (SSSR count). The highest BCUT2D eigenvalue weighted by Gasteiger charge is 2.15. The van der Waals surface area contributed by atoms with E-state index < -0.39 is 0 Å². The zero-order valence-electron chi connectivity index (χ0n) is 13.1. The summed E-state index contributed by atoms with van der Waals surface area (Å²) in [5, 5.41) is 12.7. The van der Waals surface area contributed by atoms with Gasteiger partial charge in [-0.1, -0.05) is 23.7 Å². The topological polar surface area (TPSA) is 56.1 Å². The Kier molecular flexibility index (Phi) is 5.61. The molecule has 1 amide bonds. The molecule has 4 nitrogen and oxygen atoms in total. The van der Waals surface area contributed by atoms with Crippen LogP contribution in [0.1, 0.15) is 17.5 Å². The molecule has 2 aromatic rings. The number of nitrogens with zero attached hydrogens (tertiary/aromatic N) is 2. The second kappa shape index (κ2) is 7.66. The van der Waals surface area contributed by atoms with E-state index in [1.165, 1.54) is 4.90 Å². The van der Waals surface area contributed by atoms with Gasteiger partial charge in [0.25, 0.3) is 0 Å². The number of carbonyl (C=O) groups is 1. The molecule has 5 heteroatoms. The van der Waals surface area contributed by atoms with Gasteiger partial charge in [0.1, 0.15) is 6.07 Å². The lowest BCUT2D eigenvalue weighted by atomic mass is 10.1. The van der Waals surface area contributed by atoms with Crippen molar-refractivity contribution in [2.75, 3.05) is 24.3 Å². The number of halogens is 1. The Morgan fingerprint density at radius 3 is 2.78 bits per heavy atom. The fraction of sp³-hybridized carbons (Fsp3) is 0.222. The maximum absolute atomic E-state index is 12.4. The molecule has 0 aliphatic rings. The number of hydrogen-bond donors (Lipinski definition) is 1. The molecule has 0 heterocycles. The third-order valence-corrected chi connectivity index (χ3v) is 3.89. The SMILES string of the molecule is CNc1cccc(CCC(=O)N(C)c2cc(Cl)ccc2C#N)c1. The van der Waals surface area contributed by atoms with Crippen molar-refractivity contribution in [3.63, 3.8) is 0 Å². The van der Waals surface area contributed by atoms with E-state index in [1.807, 2.05) is 31.3 Å². The largest absolute Gasteiger partial charge is 0.388 e. The van der Waals surface area contributed by atoms with Gasteiger partial charge in [-0.3, -0.25) is 4.79 Å². The molecule has 0 saturated heterocycles. The van der Waals surface area contributed by atoms with E-state index in [-0.39, 0.29) is 5.91 Å². The number of amides is 1. The second-order valence-corrected chi connectivity index (χ2v) is 5.61. The molecule has 0 aliphatic carbocycles. The van der Waals surface area contributed by atoms with Crippen LogP contribution in [0.4, 0.5) is 11.4 Å². The van der Waals surface area contributed by atoms with Gasteiger partial charge in [0, 0.05) is 31.2 Å². The molecular formula is C18H18ClN3O. The monoisotopic (exact) mass is 327 g/mol. The van der Waals surface area contributed by atoms with Gasteiger partial charge in [0.2, 0.25) is 5.91 Å². The molecule has 1 N–H and O–H groups in total. The average molecular weight is 328 g/mol. The van der Waals surface area contributed by atoms with Gasteiger partial charge in [-0.05, 0) is 42.3 Å². The average Bonchev–Trinajstić information content (AvgIpc) is 2.59. The molecule has 0 atom stereocenters. The van der Waals surface area contributed by atoms with Crippen LogP contribution < -0.4 is 10.2 Å². The Balaban J connectivity index is 2.08. The smallest absolute Gasteiger partial charge is 0.227 e. The maximum atomic E-state index is 12.4. The van der Waals surface area contributed by atoms with Crippen LogP contribution in [0.25, 0.3) is 0 Å². The van der Waals surface area contributed by atoms with E-state index in [2.05, 4.69) is 11.4 Å². The number of nitriles is 1. The summed E-state index contributed by atoms with van der Waals surface area (Å²) in [7, 11) is 3.53. The van der Waals surface area contributed by atoms with Gasteiger partial charge in [0.15, 0.2) is 0 Å². The summed E-state index contributed by atoms with van der Waals surface area (Å²) in [6.45, 7) is 0. The third-order valence-electron chi connectivity index (χ3n) is 3.66. The zero-order valence-corrected chi connectivity index (χ0v) is 13.9. The summed E-state index contributed by atoms with van der Waals surface area (Å²) in [6, 6.07) is 14.9. The van der Waals surface area contributed by atoms with Gasteiger partial charge < -0.3 is 10.2 Å². The van der Waals surface area contributed by atoms with Crippen LogP contribution in [0, 0.1) is 11.3 Å². The first-order valence-corrected chi connectivity index (χ1v) is 7.66. The lowest BCUT2D eigenvalue weighted by Crippen LogP contribution is -2.27. The Bertz CT molecular complexity index is 752. The van der Waals surface area contributed by atoms with Crippen molar-refractivity contribution in [1.29, 1.82) is 5.26 Å². The second-order valence-electron chi connectivity index (χ2n) is 5.18. The molecule has 23 heavy (non-hydrogen) atoms. The van der Waals surface area contributed by atoms with Crippen LogP contribution in [-0.4, -0.2) is 20.0 Å². The predicted molar refractivity (Wildman–Crippen MR) is 93.9 cm³/mol. The van der Waals surface area contributed by atoms with Crippen molar-refractivity contribution in [2.24, 2.45) is 0 Å². The fourth-order valence-electron chi connectivity index (χ4n) is 2.31. The molecule has 0 bridgehead atoms. The van der Waals surface area contributed by atoms with Crippen molar-refractivity contribution in [3.8, 4) is 6.07 Å². The number of anilines is 2. The standard InChI is InChI=1S/C18H18ClN3O/c1-21-16-5-3-4-13(10-16)6-9-18(23)22(2)17-11-15(19)8-7-14(17)12-20/h3-5,7-8,10-11,21H,6,9H2,1-2H3. The lowest BCUT2D eigenvalue weighted by Gasteiger charge is -2.19. The van der Waals surface area contributed by atoms with Gasteiger partial charge in [0.05, 0.1) is 11.3 Å². The molecular weight excluding hydrogens is 310 g/mol. The van der Waals surface area contributed by atoms with E-state index in [4.69, 9.17) is 16.9 Å². The first-order chi connectivity index (χ1) is 11.0. The summed E-state index contributed by atoms with van der Waals surface area (Å²) in [5.41, 5.74) is 3.08. The van der Waals surface area contributed by atoms with Crippen LogP contribution in [0.15, 0.2) is 42.5 Å². The molecule has 0 unspecified atom stereocenters.